The summed E-state index contributed by atoms with van der Waals surface area (Å²) < 4.78 is 40.0. The van der Waals surface area contributed by atoms with Gasteiger partial charge in [0.2, 0.25) is 10.0 Å². The fraction of sp³-hybridized carbons (Fsp3) is 0.235. The number of carbonyl (C=O) groups excluding carboxylic acids is 1. The second-order valence-electron chi connectivity index (χ2n) is 5.23. The molecule has 0 aliphatic carbocycles. The average molecular weight is 350 g/mol. The Labute approximate surface area is 141 Å². The van der Waals surface area contributed by atoms with E-state index in [1.54, 1.807) is 6.07 Å². The topological polar surface area (TPSA) is 75.3 Å². The number of rotatable bonds is 7. The zero-order valence-electron chi connectivity index (χ0n) is 13.3. The van der Waals surface area contributed by atoms with Crippen LogP contribution >= 0.6 is 0 Å². The van der Waals surface area contributed by atoms with E-state index >= 15 is 0 Å². The van der Waals surface area contributed by atoms with Gasteiger partial charge >= 0.3 is 0 Å². The predicted octanol–water partition coefficient (Wildman–Crippen LogP) is 2.44. The highest BCUT2D eigenvalue weighted by Crippen LogP contribution is 2.12. The molecule has 24 heavy (non-hydrogen) atoms. The number of halogens is 1. The van der Waals surface area contributed by atoms with Crippen LogP contribution in [-0.2, 0) is 16.6 Å². The quantitative estimate of drug-likeness (QED) is 0.805. The third-order valence-corrected chi connectivity index (χ3v) is 4.72. The second kappa shape index (κ2) is 8.03. The first kappa shape index (κ1) is 18.1. The largest absolute Gasteiger partial charge is 0.352 e. The summed E-state index contributed by atoms with van der Waals surface area (Å²) in [5, 5.41) is 2.70. The first-order valence-corrected chi connectivity index (χ1v) is 9.03. The number of nitrogens with one attached hydrogen (secondary N) is 2. The number of sulfonamides is 1. The lowest BCUT2D eigenvalue weighted by Gasteiger charge is -2.09. The molecule has 0 unspecified atom stereocenters. The molecular formula is C17H19FN2O3S. The molecule has 2 rings (SSSR count). The number of amides is 1. The van der Waals surface area contributed by atoms with Crippen molar-refractivity contribution in [3.05, 3.63) is 65.5 Å². The molecule has 0 saturated heterocycles. The van der Waals surface area contributed by atoms with Gasteiger partial charge in [-0.3, -0.25) is 4.79 Å². The molecule has 0 heterocycles. The van der Waals surface area contributed by atoms with Crippen LogP contribution in [0, 0.1) is 5.82 Å². The van der Waals surface area contributed by atoms with Crippen LogP contribution in [0.15, 0.2) is 53.4 Å². The number of hydrogen-bond donors (Lipinski definition) is 2. The summed E-state index contributed by atoms with van der Waals surface area (Å²) in [5.41, 5.74) is 0.921. The van der Waals surface area contributed by atoms with Gasteiger partial charge in [0.25, 0.3) is 5.91 Å². The van der Waals surface area contributed by atoms with Crippen molar-refractivity contribution >= 4 is 15.9 Å². The minimum atomic E-state index is -3.77. The first-order valence-electron chi connectivity index (χ1n) is 7.55. The molecule has 0 aliphatic rings. The zero-order valence-corrected chi connectivity index (χ0v) is 14.1. The van der Waals surface area contributed by atoms with Crippen molar-refractivity contribution in [2.45, 2.75) is 24.8 Å². The summed E-state index contributed by atoms with van der Waals surface area (Å²) in [6.07, 6.45) is 0.795. The molecule has 0 spiro atoms. The Morgan fingerprint density at radius 3 is 2.50 bits per heavy atom. The van der Waals surface area contributed by atoms with Crippen molar-refractivity contribution in [1.29, 1.82) is 0 Å². The van der Waals surface area contributed by atoms with Crippen molar-refractivity contribution < 1.29 is 17.6 Å². The molecule has 2 aromatic rings. The SMILES string of the molecule is CCCNC(=O)c1cccc(S(=O)(=O)NCc2ccc(F)cc2)c1. The minimum Gasteiger partial charge on any atom is -0.352 e. The standard InChI is InChI=1S/C17H19FN2O3S/c1-2-10-19-17(21)14-4-3-5-16(11-14)24(22,23)20-12-13-6-8-15(18)9-7-13/h3-9,11,20H,2,10,12H2,1H3,(H,19,21). The highest BCUT2D eigenvalue weighted by molar-refractivity contribution is 7.89. The molecule has 0 aromatic heterocycles. The molecule has 128 valence electrons. The van der Waals surface area contributed by atoms with Crippen molar-refractivity contribution in [3.63, 3.8) is 0 Å². The van der Waals surface area contributed by atoms with Gasteiger partial charge in [-0.2, -0.15) is 0 Å². The van der Waals surface area contributed by atoms with Crippen molar-refractivity contribution in [2.24, 2.45) is 0 Å². The van der Waals surface area contributed by atoms with E-state index in [0.29, 0.717) is 12.1 Å². The van der Waals surface area contributed by atoms with E-state index in [9.17, 15) is 17.6 Å². The Kier molecular flexibility index (Phi) is 6.05. The van der Waals surface area contributed by atoms with Crippen LogP contribution in [0.25, 0.3) is 0 Å². The predicted molar refractivity (Wildman–Crippen MR) is 89.5 cm³/mol. The van der Waals surface area contributed by atoms with E-state index in [-0.39, 0.29) is 28.7 Å². The van der Waals surface area contributed by atoms with Gasteiger partial charge in [0.05, 0.1) is 4.90 Å². The van der Waals surface area contributed by atoms with E-state index < -0.39 is 10.0 Å². The minimum absolute atomic E-state index is 0.00811. The first-order chi connectivity index (χ1) is 11.4. The summed E-state index contributed by atoms with van der Waals surface area (Å²) in [7, 11) is -3.77. The van der Waals surface area contributed by atoms with Crippen LogP contribution in [0.3, 0.4) is 0 Å². The Morgan fingerprint density at radius 1 is 1.12 bits per heavy atom. The lowest BCUT2D eigenvalue weighted by Crippen LogP contribution is -2.26. The van der Waals surface area contributed by atoms with Crippen LogP contribution in [0.5, 0.6) is 0 Å². The molecule has 7 heteroatoms. The Balaban J connectivity index is 2.11. The van der Waals surface area contributed by atoms with Gasteiger partial charge in [-0.25, -0.2) is 17.5 Å². The molecular weight excluding hydrogens is 331 g/mol. The fourth-order valence-corrected chi connectivity index (χ4v) is 3.07. The lowest BCUT2D eigenvalue weighted by atomic mass is 10.2. The highest BCUT2D eigenvalue weighted by atomic mass is 32.2. The van der Waals surface area contributed by atoms with Crippen LogP contribution < -0.4 is 10.0 Å². The summed E-state index contributed by atoms with van der Waals surface area (Å²) in [6.45, 7) is 2.49. The van der Waals surface area contributed by atoms with E-state index in [2.05, 4.69) is 10.0 Å². The molecule has 1 amide bonds. The maximum atomic E-state index is 12.9. The Morgan fingerprint density at radius 2 is 1.83 bits per heavy atom. The van der Waals surface area contributed by atoms with E-state index in [1.165, 1.54) is 42.5 Å². The third-order valence-electron chi connectivity index (χ3n) is 3.32. The normalized spacial score (nSPS) is 11.2. The Hall–Kier alpha value is -2.25. The number of carbonyl (C=O) groups is 1. The molecule has 0 radical (unpaired) electrons. The average Bonchev–Trinajstić information content (AvgIpc) is 2.59. The van der Waals surface area contributed by atoms with Crippen LogP contribution in [-0.4, -0.2) is 20.9 Å². The zero-order chi connectivity index (χ0) is 17.6. The van der Waals surface area contributed by atoms with Gasteiger partial charge in [0.15, 0.2) is 0 Å². The van der Waals surface area contributed by atoms with Gasteiger partial charge in [0.1, 0.15) is 5.82 Å². The maximum Gasteiger partial charge on any atom is 0.251 e. The van der Waals surface area contributed by atoms with E-state index in [4.69, 9.17) is 0 Å². The molecule has 2 aromatic carbocycles. The molecule has 0 atom stereocenters. The van der Waals surface area contributed by atoms with Crippen molar-refractivity contribution in [1.82, 2.24) is 10.0 Å². The maximum absolute atomic E-state index is 12.9. The van der Waals surface area contributed by atoms with Gasteiger partial charge in [-0.1, -0.05) is 25.1 Å². The van der Waals surface area contributed by atoms with Gasteiger partial charge in [0, 0.05) is 18.7 Å². The molecule has 0 bridgehead atoms. The van der Waals surface area contributed by atoms with Gasteiger partial charge in [-0.15, -0.1) is 0 Å². The van der Waals surface area contributed by atoms with E-state index in [1.807, 2.05) is 6.92 Å². The smallest absolute Gasteiger partial charge is 0.251 e. The molecule has 0 fully saturated rings. The number of hydrogen-bond acceptors (Lipinski definition) is 3. The van der Waals surface area contributed by atoms with Gasteiger partial charge < -0.3 is 5.32 Å². The fourth-order valence-electron chi connectivity index (χ4n) is 2.01. The Bertz CT molecular complexity index is 805. The van der Waals surface area contributed by atoms with Crippen molar-refractivity contribution in [2.75, 3.05) is 6.54 Å². The lowest BCUT2D eigenvalue weighted by molar-refractivity contribution is 0.0953. The molecule has 2 N–H and O–H groups in total. The third kappa shape index (κ3) is 4.87. The molecule has 0 aliphatic heterocycles. The number of benzene rings is 2. The monoisotopic (exact) mass is 350 g/mol. The highest BCUT2D eigenvalue weighted by Gasteiger charge is 2.16. The van der Waals surface area contributed by atoms with Crippen molar-refractivity contribution in [3.8, 4) is 0 Å². The van der Waals surface area contributed by atoms with Crippen LogP contribution in [0.2, 0.25) is 0 Å². The van der Waals surface area contributed by atoms with Crippen LogP contribution in [0.4, 0.5) is 4.39 Å². The van der Waals surface area contributed by atoms with Gasteiger partial charge in [-0.05, 0) is 42.3 Å². The summed E-state index contributed by atoms with van der Waals surface area (Å²) >= 11 is 0. The second-order valence-corrected chi connectivity index (χ2v) is 7.00. The summed E-state index contributed by atoms with van der Waals surface area (Å²) in [5.74, 6) is -0.695. The van der Waals surface area contributed by atoms with Crippen LogP contribution in [0.1, 0.15) is 29.3 Å². The van der Waals surface area contributed by atoms with E-state index in [0.717, 1.165) is 6.42 Å². The molecule has 5 nitrogen and oxygen atoms in total. The summed E-state index contributed by atoms with van der Waals surface area (Å²) in [6, 6.07) is 11.4. The molecule has 0 saturated carbocycles. The summed E-state index contributed by atoms with van der Waals surface area (Å²) in [4.78, 5) is 11.9.